The molecular weight excluding hydrogens is 214 g/mol. The third kappa shape index (κ3) is 3.30. The molecule has 1 heterocycles. The lowest BCUT2D eigenvalue weighted by molar-refractivity contribution is -0.138. The zero-order valence-electron chi connectivity index (χ0n) is 10.2. The fourth-order valence-electron chi connectivity index (χ4n) is 2.58. The van der Waals surface area contributed by atoms with Gasteiger partial charge in [-0.05, 0) is 31.9 Å². The highest BCUT2D eigenvalue weighted by atomic mass is 16.4. The Bertz CT molecular complexity index is 403. The standard InChI is InChI=1S/C14H19NO2/c1-11-4-2-5-12(8-11)10-15-7-3-6-13(15)9-14(16)17/h2,4-5,8,13H,3,6-7,9-10H2,1H3,(H,16,17). The van der Waals surface area contributed by atoms with E-state index in [0.29, 0.717) is 0 Å². The van der Waals surface area contributed by atoms with Crippen LogP contribution in [0.1, 0.15) is 30.4 Å². The Kier molecular flexibility index (Phi) is 3.79. The number of carboxylic acids is 1. The average molecular weight is 233 g/mol. The quantitative estimate of drug-likeness (QED) is 0.868. The smallest absolute Gasteiger partial charge is 0.304 e. The van der Waals surface area contributed by atoms with Crippen LogP contribution in [0, 0.1) is 6.92 Å². The molecule has 17 heavy (non-hydrogen) atoms. The van der Waals surface area contributed by atoms with E-state index in [0.717, 1.165) is 25.9 Å². The second-order valence-corrected chi connectivity index (χ2v) is 4.85. The molecule has 2 rings (SSSR count). The summed E-state index contributed by atoms with van der Waals surface area (Å²) in [6.45, 7) is 3.98. The summed E-state index contributed by atoms with van der Waals surface area (Å²) in [7, 11) is 0. The Hall–Kier alpha value is -1.35. The topological polar surface area (TPSA) is 40.5 Å². The van der Waals surface area contributed by atoms with E-state index in [1.807, 2.05) is 0 Å². The molecule has 0 radical (unpaired) electrons. The van der Waals surface area contributed by atoms with Crippen molar-refractivity contribution in [1.29, 1.82) is 0 Å². The monoisotopic (exact) mass is 233 g/mol. The molecule has 3 heteroatoms. The molecule has 1 N–H and O–H groups in total. The Morgan fingerprint density at radius 1 is 1.53 bits per heavy atom. The molecule has 1 aromatic rings. The predicted molar refractivity (Wildman–Crippen MR) is 66.9 cm³/mol. The third-order valence-corrected chi connectivity index (χ3v) is 3.38. The number of carbonyl (C=O) groups is 1. The summed E-state index contributed by atoms with van der Waals surface area (Å²) >= 11 is 0. The second-order valence-electron chi connectivity index (χ2n) is 4.85. The maximum absolute atomic E-state index is 10.8. The van der Waals surface area contributed by atoms with Gasteiger partial charge in [0, 0.05) is 12.6 Å². The minimum atomic E-state index is -0.689. The number of likely N-dealkylation sites (tertiary alicyclic amines) is 1. The lowest BCUT2D eigenvalue weighted by Gasteiger charge is -2.23. The number of rotatable bonds is 4. The van der Waals surface area contributed by atoms with Gasteiger partial charge in [-0.15, -0.1) is 0 Å². The van der Waals surface area contributed by atoms with Gasteiger partial charge in [0.25, 0.3) is 0 Å². The molecule has 0 aromatic heterocycles. The lowest BCUT2D eigenvalue weighted by atomic mass is 10.1. The highest BCUT2D eigenvalue weighted by Gasteiger charge is 2.26. The van der Waals surface area contributed by atoms with Crippen molar-refractivity contribution in [1.82, 2.24) is 4.90 Å². The highest BCUT2D eigenvalue weighted by Crippen LogP contribution is 2.22. The summed E-state index contributed by atoms with van der Waals surface area (Å²) in [5, 5.41) is 8.88. The van der Waals surface area contributed by atoms with Gasteiger partial charge in [-0.3, -0.25) is 9.69 Å². The number of hydrogen-bond donors (Lipinski definition) is 1. The molecule has 3 nitrogen and oxygen atoms in total. The van der Waals surface area contributed by atoms with Crippen LogP contribution < -0.4 is 0 Å². The van der Waals surface area contributed by atoms with Crippen LogP contribution in [0.3, 0.4) is 0 Å². The van der Waals surface area contributed by atoms with Crippen molar-refractivity contribution in [2.45, 2.75) is 38.8 Å². The first-order valence-corrected chi connectivity index (χ1v) is 6.16. The fourth-order valence-corrected chi connectivity index (χ4v) is 2.58. The first kappa shape index (κ1) is 12.1. The Morgan fingerprint density at radius 2 is 2.35 bits per heavy atom. The molecule has 1 aromatic carbocycles. The van der Waals surface area contributed by atoms with Crippen LogP contribution in [0.4, 0.5) is 0 Å². The van der Waals surface area contributed by atoms with E-state index in [-0.39, 0.29) is 12.5 Å². The molecular formula is C14H19NO2. The number of aryl methyl sites for hydroxylation is 1. The van der Waals surface area contributed by atoms with Gasteiger partial charge >= 0.3 is 5.97 Å². The van der Waals surface area contributed by atoms with Gasteiger partial charge in [-0.1, -0.05) is 29.8 Å². The van der Waals surface area contributed by atoms with E-state index >= 15 is 0 Å². The first-order chi connectivity index (χ1) is 8.15. The summed E-state index contributed by atoms with van der Waals surface area (Å²) < 4.78 is 0. The molecule has 92 valence electrons. The maximum atomic E-state index is 10.8. The molecule has 0 aliphatic carbocycles. The van der Waals surface area contributed by atoms with Crippen LogP contribution in [-0.4, -0.2) is 28.6 Å². The molecule has 0 bridgehead atoms. The van der Waals surface area contributed by atoms with Gasteiger partial charge in [0.1, 0.15) is 0 Å². The van der Waals surface area contributed by atoms with Crippen molar-refractivity contribution in [3.63, 3.8) is 0 Å². The van der Waals surface area contributed by atoms with Gasteiger partial charge in [-0.25, -0.2) is 0 Å². The van der Waals surface area contributed by atoms with Gasteiger partial charge in [0.15, 0.2) is 0 Å². The zero-order chi connectivity index (χ0) is 12.3. The fraction of sp³-hybridized carbons (Fsp3) is 0.500. The van der Waals surface area contributed by atoms with Crippen LogP contribution in [0.2, 0.25) is 0 Å². The summed E-state index contributed by atoms with van der Waals surface area (Å²) in [5.74, 6) is -0.689. The highest BCUT2D eigenvalue weighted by molar-refractivity contribution is 5.67. The lowest BCUT2D eigenvalue weighted by Crippen LogP contribution is -2.30. The summed E-state index contributed by atoms with van der Waals surface area (Å²) in [4.78, 5) is 13.1. The molecule has 1 fully saturated rings. The van der Waals surface area contributed by atoms with Gasteiger partial charge in [0.05, 0.1) is 6.42 Å². The Labute approximate surface area is 102 Å². The molecule has 0 spiro atoms. The molecule has 1 unspecified atom stereocenters. The maximum Gasteiger partial charge on any atom is 0.304 e. The normalized spacial score (nSPS) is 20.6. The molecule has 0 saturated carbocycles. The SMILES string of the molecule is Cc1cccc(CN2CCCC2CC(=O)O)c1. The second kappa shape index (κ2) is 5.32. The number of hydrogen-bond acceptors (Lipinski definition) is 2. The Morgan fingerprint density at radius 3 is 3.06 bits per heavy atom. The summed E-state index contributed by atoms with van der Waals surface area (Å²) in [6, 6.07) is 8.65. The summed E-state index contributed by atoms with van der Waals surface area (Å²) in [6.07, 6.45) is 2.40. The van der Waals surface area contributed by atoms with Crippen molar-refractivity contribution in [2.24, 2.45) is 0 Å². The number of benzene rings is 1. The van der Waals surface area contributed by atoms with E-state index in [4.69, 9.17) is 5.11 Å². The van der Waals surface area contributed by atoms with Gasteiger partial charge < -0.3 is 5.11 Å². The van der Waals surface area contributed by atoms with Crippen molar-refractivity contribution < 1.29 is 9.90 Å². The van der Waals surface area contributed by atoms with E-state index < -0.39 is 5.97 Å². The Balaban J connectivity index is 2.00. The van der Waals surface area contributed by atoms with E-state index in [9.17, 15) is 4.79 Å². The van der Waals surface area contributed by atoms with E-state index in [1.54, 1.807) is 0 Å². The summed E-state index contributed by atoms with van der Waals surface area (Å²) in [5.41, 5.74) is 2.54. The third-order valence-electron chi connectivity index (χ3n) is 3.38. The van der Waals surface area contributed by atoms with Crippen LogP contribution in [-0.2, 0) is 11.3 Å². The van der Waals surface area contributed by atoms with Crippen LogP contribution >= 0.6 is 0 Å². The van der Waals surface area contributed by atoms with Crippen LogP contribution in [0.15, 0.2) is 24.3 Å². The minimum absolute atomic E-state index is 0.216. The van der Waals surface area contributed by atoms with Crippen molar-refractivity contribution >= 4 is 5.97 Å². The first-order valence-electron chi connectivity index (χ1n) is 6.16. The largest absolute Gasteiger partial charge is 0.481 e. The van der Waals surface area contributed by atoms with E-state index in [2.05, 4.69) is 36.1 Å². The zero-order valence-corrected chi connectivity index (χ0v) is 10.2. The van der Waals surface area contributed by atoms with Gasteiger partial charge in [-0.2, -0.15) is 0 Å². The number of nitrogens with zero attached hydrogens (tertiary/aromatic N) is 1. The van der Waals surface area contributed by atoms with Crippen molar-refractivity contribution in [2.75, 3.05) is 6.54 Å². The van der Waals surface area contributed by atoms with Crippen molar-refractivity contribution in [3.05, 3.63) is 35.4 Å². The molecule has 1 atom stereocenters. The minimum Gasteiger partial charge on any atom is -0.481 e. The van der Waals surface area contributed by atoms with Crippen LogP contribution in [0.25, 0.3) is 0 Å². The number of aliphatic carboxylic acids is 1. The average Bonchev–Trinajstić information content (AvgIpc) is 2.65. The molecule has 1 saturated heterocycles. The molecule has 1 aliphatic heterocycles. The van der Waals surface area contributed by atoms with Crippen molar-refractivity contribution in [3.8, 4) is 0 Å². The molecule has 1 aliphatic rings. The van der Waals surface area contributed by atoms with E-state index in [1.165, 1.54) is 11.1 Å². The predicted octanol–water partition coefficient (Wildman–Crippen LogP) is 2.43. The van der Waals surface area contributed by atoms with Gasteiger partial charge in [0.2, 0.25) is 0 Å². The number of carboxylic acid groups (broad SMARTS) is 1. The van der Waals surface area contributed by atoms with Crippen LogP contribution in [0.5, 0.6) is 0 Å². The molecule has 0 amide bonds.